The standard InChI is InChI=1S/C21H18N2/c1-16-8-7-11-18(14-16)21-19-12-5-6-13-20(19)23(22-21)15-17-9-3-2-4-10-17/h2-14H,15H2,1H3. The highest BCUT2D eigenvalue weighted by molar-refractivity contribution is 5.93. The summed E-state index contributed by atoms with van der Waals surface area (Å²) in [7, 11) is 0. The van der Waals surface area contributed by atoms with Crippen LogP contribution >= 0.6 is 0 Å². The van der Waals surface area contributed by atoms with E-state index in [1.807, 2.05) is 6.07 Å². The second-order valence-electron chi connectivity index (χ2n) is 5.88. The van der Waals surface area contributed by atoms with Gasteiger partial charge in [-0.2, -0.15) is 5.10 Å². The van der Waals surface area contributed by atoms with Crippen molar-refractivity contribution >= 4 is 10.9 Å². The van der Waals surface area contributed by atoms with Gasteiger partial charge in [-0.3, -0.25) is 4.68 Å². The van der Waals surface area contributed by atoms with Gasteiger partial charge in [0.1, 0.15) is 5.69 Å². The predicted molar refractivity (Wildman–Crippen MR) is 95.5 cm³/mol. The van der Waals surface area contributed by atoms with Crippen LogP contribution in [0.3, 0.4) is 0 Å². The number of benzene rings is 3. The summed E-state index contributed by atoms with van der Waals surface area (Å²) in [5, 5.41) is 6.12. The van der Waals surface area contributed by atoms with Crippen molar-refractivity contribution < 1.29 is 0 Å². The Morgan fingerprint density at radius 2 is 1.61 bits per heavy atom. The summed E-state index contributed by atoms with van der Waals surface area (Å²) in [6.07, 6.45) is 0. The van der Waals surface area contributed by atoms with Crippen LogP contribution in [0.25, 0.3) is 22.2 Å². The summed E-state index contributed by atoms with van der Waals surface area (Å²) in [6.45, 7) is 2.90. The molecule has 0 aliphatic carbocycles. The minimum Gasteiger partial charge on any atom is -0.260 e. The zero-order valence-electron chi connectivity index (χ0n) is 13.1. The molecule has 0 spiro atoms. The van der Waals surface area contributed by atoms with Crippen molar-refractivity contribution in [1.29, 1.82) is 0 Å². The quantitative estimate of drug-likeness (QED) is 0.517. The van der Waals surface area contributed by atoms with Crippen molar-refractivity contribution in [3.63, 3.8) is 0 Å². The SMILES string of the molecule is Cc1cccc(-c2nn(Cc3ccccc3)c3ccccc23)c1. The van der Waals surface area contributed by atoms with Gasteiger partial charge in [-0.05, 0) is 24.6 Å². The van der Waals surface area contributed by atoms with E-state index in [0.29, 0.717) is 0 Å². The Morgan fingerprint density at radius 3 is 2.43 bits per heavy atom. The van der Waals surface area contributed by atoms with E-state index in [-0.39, 0.29) is 0 Å². The molecule has 0 saturated carbocycles. The van der Waals surface area contributed by atoms with E-state index >= 15 is 0 Å². The largest absolute Gasteiger partial charge is 0.260 e. The topological polar surface area (TPSA) is 17.8 Å². The number of aromatic nitrogens is 2. The third kappa shape index (κ3) is 2.64. The van der Waals surface area contributed by atoms with Crippen molar-refractivity contribution in [3.05, 3.63) is 90.0 Å². The summed E-state index contributed by atoms with van der Waals surface area (Å²) in [6, 6.07) is 27.5. The van der Waals surface area contributed by atoms with E-state index in [2.05, 4.69) is 84.4 Å². The molecule has 0 atom stereocenters. The molecule has 0 aliphatic rings. The zero-order chi connectivity index (χ0) is 15.6. The van der Waals surface area contributed by atoms with Crippen LogP contribution in [0, 0.1) is 6.92 Å². The molecule has 2 nitrogen and oxygen atoms in total. The molecule has 0 saturated heterocycles. The Bertz CT molecular complexity index is 952. The summed E-state index contributed by atoms with van der Waals surface area (Å²) in [5.74, 6) is 0. The van der Waals surface area contributed by atoms with Crippen molar-refractivity contribution in [2.45, 2.75) is 13.5 Å². The number of nitrogens with zero attached hydrogens (tertiary/aromatic N) is 2. The molecule has 23 heavy (non-hydrogen) atoms. The lowest BCUT2D eigenvalue weighted by molar-refractivity contribution is 0.715. The minimum absolute atomic E-state index is 0.785. The Kier molecular flexibility index (Phi) is 3.43. The summed E-state index contributed by atoms with van der Waals surface area (Å²) in [4.78, 5) is 0. The molecule has 112 valence electrons. The first-order valence-electron chi connectivity index (χ1n) is 7.88. The fraction of sp³-hybridized carbons (Fsp3) is 0.0952. The molecule has 0 N–H and O–H groups in total. The van der Waals surface area contributed by atoms with Gasteiger partial charge in [0.05, 0.1) is 12.1 Å². The van der Waals surface area contributed by atoms with E-state index in [9.17, 15) is 0 Å². The van der Waals surface area contributed by atoms with Gasteiger partial charge in [0.25, 0.3) is 0 Å². The molecule has 4 aromatic rings. The average molecular weight is 298 g/mol. The fourth-order valence-corrected chi connectivity index (χ4v) is 3.01. The van der Waals surface area contributed by atoms with E-state index in [1.165, 1.54) is 27.6 Å². The van der Waals surface area contributed by atoms with E-state index in [4.69, 9.17) is 5.10 Å². The molecule has 3 aromatic carbocycles. The second-order valence-corrected chi connectivity index (χ2v) is 5.88. The summed E-state index contributed by atoms with van der Waals surface area (Å²) < 4.78 is 2.10. The van der Waals surface area contributed by atoms with Crippen LogP contribution in [0.2, 0.25) is 0 Å². The van der Waals surface area contributed by atoms with Crippen LogP contribution in [0.4, 0.5) is 0 Å². The molecule has 0 amide bonds. The lowest BCUT2D eigenvalue weighted by Crippen LogP contribution is -2.01. The normalized spacial score (nSPS) is 11.0. The van der Waals surface area contributed by atoms with Crippen molar-refractivity contribution in [2.75, 3.05) is 0 Å². The lowest BCUT2D eigenvalue weighted by Gasteiger charge is -2.03. The zero-order valence-corrected chi connectivity index (χ0v) is 13.1. The third-order valence-corrected chi connectivity index (χ3v) is 4.12. The molecule has 0 unspecified atom stereocenters. The van der Waals surface area contributed by atoms with Crippen molar-refractivity contribution in [2.24, 2.45) is 0 Å². The Balaban J connectivity index is 1.86. The van der Waals surface area contributed by atoms with Gasteiger partial charge in [0.2, 0.25) is 0 Å². The van der Waals surface area contributed by atoms with Crippen LogP contribution in [0.15, 0.2) is 78.9 Å². The monoisotopic (exact) mass is 298 g/mol. The van der Waals surface area contributed by atoms with Gasteiger partial charge in [0, 0.05) is 10.9 Å². The molecule has 0 bridgehead atoms. The fourth-order valence-electron chi connectivity index (χ4n) is 3.01. The van der Waals surface area contributed by atoms with Crippen molar-refractivity contribution in [3.8, 4) is 11.3 Å². The molecule has 0 aliphatic heterocycles. The smallest absolute Gasteiger partial charge is 0.100 e. The first-order valence-corrected chi connectivity index (χ1v) is 7.88. The Morgan fingerprint density at radius 1 is 0.826 bits per heavy atom. The maximum absolute atomic E-state index is 4.91. The maximum atomic E-state index is 4.91. The molecule has 1 heterocycles. The van der Waals surface area contributed by atoms with E-state index < -0.39 is 0 Å². The molecule has 1 aromatic heterocycles. The molecular weight excluding hydrogens is 280 g/mol. The van der Waals surface area contributed by atoms with Crippen LogP contribution < -0.4 is 0 Å². The van der Waals surface area contributed by atoms with Gasteiger partial charge in [-0.1, -0.05) is 72.3 Å². The summed E-state index contributed by atoms with van der Waals surface area (Å²) in [5.41, 5.74) is 5.92. The predicted octanol–water partition coefficient (Wildman–Crippen LogP) is 5.06. The molecule has 2 heteroatoms. The van der Waals surface area contributed by atoms with Crippen LogP contribution in [-0.4, -0.2) is 9.78 Å². The van der Waals surface area contributed by atoms with Gasteiger partial charge >= 0.3 is 0 Å². The molecule has 0 fully saturated rings. The highest BCUT2D eigenvalue weighted by Crippen LogP contribution is 2.28. The van der Waals surface area contributed by atoms with Gasteiger partial charge in [0.15, 0.2) is 0 Å². The average Bonchev–Trinajstić information content (AvgIpc) is 2.95. The number of fused-ring (bicyclic) bond motifs is 1. The van der Waals surface area contributed by atoms with Crippen LogP contribution in [0.5, 0.6) is 0 Å². The molecule has 4 rings (SSSR count). The Labute approximate surface area is 136 Å². The minimum atomic E-state index is 0.785. The van der Waals surface area contributed by atoms with Gasteiger partial charge < -0.3 is 0 Å². The van der Waals surface area contributed by atoms with Crippen LogP contribution in [0.1, 0.15) is 11.1 Å². The van der Waals surface area contributed by atoms with Gasteiger partial charge in [-0.25, -0.2) is 0 Å². The van der Waals surface area contributed by atoms with Crippen molar-refractivity contribution in [1.82, 2.24) is 9.78 Å². The van der Waals surface area contributed by atoms with Crippen LogP contribution in [-0.2, 0) is 6.54 Å². The first-order chi connectivity index (χ1) is 11.3. The Hall–Kier alpha value is -2.87. The number of aryl methyl sites for hydroxylation is 1. The number of hydrogen-bond acceptors (Lipinski definition) is 1. The highest BCUT2D eigenvalue weighted by atomic mass is 15.3. The molecular formula is C21H18N2. The lowest BCUT2D eigenvalue weighted by atomic mass is 10.1. The highest BCUT2D eigenvalue weighted by Gasteiger charge is 2.12. The molecule has 0 radical (unpaired) electrons. The third-order valence-electron chi connectivity index (χ3n) is 4.12. The number of hydrogen-bond donors (Lipinski definition) is 0. The second kappa shape index (κ2) is 5.73. The van der Waals surface area contributed by atoms with E-state index in [1.54, 1.807) is 0 Å². The van der Waals surface area contributed by atoms with E-state index in [0.717, 1.165) is 12.2 Å². The number of rotatable bonds is 3. The maximum Gasteiger partial charge on any atom is 0.100 e. The summed E-state index contributed by atoms with van der Waals surface area (Å²) >= 11 is 0. The van der Waals surface area contributed by atoms with Gasteiger partial charge in [-0.15, -0.1) is 0 Å². The number of para-hydroxylation sites is 1. The first kappa shape index (κ1) is 13.8.